The van der Waals surface area contributed by atoms with Crippen molar-refractivity contribution in [2.24, 2.45) is 5.73 Å². The average Bonchev–Trinajstić information content (AvgIpc) is 3.15. The molecule has 1 atom stereocenters. The number of aromatic nitrogens is 3. The number of pyridine rings is 1. The minimum Gasteiger partial charge on any atom is -0.341 e. The Hall–Kier alpha value is -2.47. The summed E-state index contributed by atoms with van der Waals surface area (Å²) < 4.78 is 15.8. The molecule has 1 saturated heterocycles. The van der Waals surface area contributed by atoms with Crippen LogP contribution in [0.2, 0.25) is 0 Å². The van der Waals surface area contributed by atoms with E-state index in [1.54, 1.807) is 6.92 Å². The zero-order valence-electron chi connectivity index (χ0n) is 14.5. The third-order valence-corrected chi connectivity index (χ3v) is 4.79. The topological polar surface area (TPSA) is 60.0 Å². The summed E-state index contributed by atoms with van der Waals surface area (Å²) in [6, 6.07) is 7.53. The molecule has 1 aliphatic rings. The van der Waals surface area contributed by atoms with Gasteiger partial charge in [0.1, 0.15) is 5.82 Å². The predicted octanol–water partition coefficient (Wildman–Crippen LogP) is 2.77. The van der Waals surface area contributed by atoms with Gasteiger partial charge in [-0.25, -0.2) is 9.37 Å². The number of rotatable bonds is 3. The molecule has 0 amide bonds. The zero-order valence-corrected chi connectivity index (χ0v) is 14.5. The molecular weight excluding hydrogens is 317 g/mol. The van der Waals surface area contributed by atoms with Gasteiger partial charge in [0.15, 0.2) is 5.65 Å². The summed E-state index contributed by atoms with van der Waals surface area (Å²) in [7, 11) is 0. The lowest BCUT2D eigenvalue weighted by Crippen LogP contribution is -2.28. The second kappa shape index (κ2) is 6.11. The summed E-state index contributed by atoms with van der Waals surface area (Å²) in [5.41, 5.74) is 10.6. The maximum absolute atomic E-state index is 13.6. The fourth-order valence-electron chi connectivity index (χ4n) is 3.45. The first-order valence-electron chi connectivity index (χ1n) is 8.59. The summed E-state index contributed by atoms with van der Waals surface area (Å²) in [5, 5.41) is 0. The van der Waals surface area contributed by atoms with Crippen molar-refractivity contribution in [1.82, 2.24) is 14.5 Å². The van der Waals surface area contributed by atoms with Crippen LogP contribution in [0.1, 0.15) is 23.1 Å². The van der Waals surface area contributed by atoms with Gasteiger partial charge in [0.05, 0.1) is 12.1 Å². The predicted molar refractivity (Wildman–Crippen MR) is 97.3 cm³/mol. The maximum atomic E-state index is 13.6. The van der Waals surface area contributed by atoms with E-state index in [2.05, 4.69) is 20.5 Å². The van der Waals surface area contributed by atoms with Gasteiger partial charge in [0.2, 0.25) is 5.95 Å². The van der Waals surface area contributed by atoms with Crippen molar-refractivity contribution in [3.8, 4) is 0 Å². The summed E-state index contributed by atoms with van der Waals surface area (Å²) in [4.78, 5) is 11.5. The largest absolute Gasteiger partial charge is 0.341 e. The molecule has 0 saturated carbocycles. The average molecular weight is 339 g/mol. The van der Waals surface area contributed by atoms with Crippen LogP contribution in [-0.4, -0.2) is 33.7 Å². The van der Waals surface area contributed by atoms with Crippen molar-refractivity contribution in [3.63, 3.8) is 0 Å². The van der Waals surface area contributed by atoms with Crippen LogP contribution in [0.4, 0.5) is 10.3 Å². The molecule has 1 fully saturated rings. The fraction of sp³-hybridized carbons (Fsp3) is 0.368. The number of imidazole rings is 1. The Kier molecular flexibility index (Phi) is 3.92. The van der Waals surface area contributed by atoms with E-state index in [1.165, 1.54) is 6.07 Å². The Bertz CT molecular complexity index is 933. The van der Waals surface area contributed by atoms with Gasteiger partial charge in [-0.3, -0.25) is 0 Å². The number of hydrogen-bond donors (Lipinski definition) is 1. The highest BCUT2D eigenvalue weighted by atomic mass is 19.1. The number of nitrogens with two attached hydrogens (primary N) is 1. The summed E-state index contributed by atoms with van der Waals surface area (Å²) >= 11 is 0. The summed E-state index contributed by atoms with van der Waals surface area (Å²) in [6.45, 7) is 6.13. The number of benzene rings is 1. The second-order valence-electron chi connectivity index (χ2n) is 6.93. The van der Waals surface area contributed by atoms with E-state index in [-0.39, 0.29) is 11.9 Å². The molecule has 6 heteroatoms. The van der Waals surface area contributed by atoms with Crippen molar-refractivity contribution in [1.29, 1.82) is 0 Å². The first-order chi connectivity index (χ1) is 12.0. The minimum absolute atomic E-state index is 0.177. The van der Waals surface area contributed by atoms with Crippen LogP contribution >= 0.6 is 0 Å². The Balaban J connectivity index is 1.81. The van der Waals surface area contributed by atoms with E-state index in [9.17, 15) is 4.39 Å². The van der Waals surface area contributed by atoms with Crippen LogP contribution in [0, 0.1) is 19.7 Å². The molecule has 0 spiro atoms. The molecular formula is C19H22FN5. The molecule has 1 aromatic carbocycles. The maximum Gasteiger partial charge on any atom is 0.208 e. The monoisotopic (exact) mass is 339 g/mol. The van der Waals surface area contributed by atoms with E-state index in [4.69, 9.17) is 10.7 Å². The van der Waals surface area contributed by atoms with Crippen molar-refractivity contribution < 1.29 is 4.39 Å². The quantitative estimate of drug-likeness (QED) is 0.797. The number of anilines is 1. The Morgan fingerprint density at radius 2 is 2.12 bits per heavy atom. The molecule has 3 aromatic rings. The molecule has 0 bridgehead atoms. The number of halogens is 1. The highest BCUT2D eigenvalue weighted by molar-refractivity contribution is 5.76. The number of aryl methyl sites for hydroxylation is 2. The smallest absolute Gasteiger partial charge is 0.208 e. The highest BCUT2D eigenvalue weighted by Crippen LogP contribution is 2.26. The van der Waals surface area contributed by atoms with Crippen LogP contribution in [0.25, 0.3) is 11.2 Å². The van der Waals surface area contributed by atoms with Crippen molar-refractivity contribution in [3.05, 3.63) is 53.0 Å². The summed E-state index contributed by atoms with van der Waals surface area (Å²) in [6.07, 6.45) is 2.80. The van der Waals surface area contributed by atoms with Crippen LogP contribution in [0.3, 0.4) is 0 Å². The number of hydrogen-bond acceptors (Lipinski definition) is 4. The molecule has 3 heterocycles. The molecule has 4 rings (SSSR count). The van der Waals surface area contributed by atoms with Gasteiger partial charge in [0, 0.05) is 25.3 Å². The van der Waals surface area contributed by atoms with E-state index in [1.807, 2.05) is 25.3 Å². The Labute approximate surface area is 146 Å². The van der Waals surface area contributed by atoms with Crippen LogP contribution in [0.15, 0.2) is 30.5 Å². The third kappa shape index (κ3) is 2.98. The van der Waals surface area contributed by atoms with Gasteiger partial charge >= 0.3 is 0 Å². The molecule has 0 radical (unpaired) electrons. The van der Waals surface area contributed by atoms with Crippen LogP contribution in [0.5, 0.6) is 0 Å². The van der Waals surface area contributed by atoms with Gasteiger partial charge in [-0.2, -0.15) is 4.98 Å². The molecule has 0 aliphatic carbocycles. The van der Waals surface area contributed by atoms with Crippen LogP contribution < -0.4 is 10.6 Å². The standard InChI is InChI=1S/C19H22FN5/c1-12-7-17-18(22-9-12)23-19(24-6-5-15(21)11-24)25(17)10-14-3-4-16(20)13(2)8-14/h3-4,7-9,15H,5-6,10-11,21H2,1-2H3. The zero-order chi connectivity index (χ0) is 17.6. The van der Waals surface area contributed by atoms with Gasteiger partial charge in [0.25, 0.3) is 0 Å². The molecule has 25 heavy (non-hydrogen) atoms. The normalized spacial score (nSPS) is 17.6. The van der Waals surface area contributed by atoms with Gasteiger partial charge < -0.3 is 15.2 Å². The van der Waals surface area contributed by atoms with Crippen LogP contribution in [-0.2, 0) is 6.54 Å². The Morgan fingerprint density at radius 1 is 1.28 bits per heavy atom. The van der Waals surface area contributed by atoms with Gasteiger partial charge in [-0.1, -0.05) is 12.1 Å². The van der Waals surface area contributed by atoms with Crippen molar-refractivity contribution in [2.75, 3.05) is 18.0 Å². The molecule has 2 aromatic heterocycles. The highest BCUT2D eigenvalue weighted by Gasteiger charge is 2.25. The van der Waals surface area contributed by atoms with E-state index >= 15 is 0 Å². The molecule has 1 aliphatic heterocycles. The van der Waals surface area contributed by atoms with Gasteiger partial charge in [-0.15, -0.1) is 0 Å². The third-order valence-electron chi connectivity index (χ3n) is 4.79. The second-order valence-corrected chi connectivity index (χ2v) is 6.93. The van der Waals surface area contributed by atoms with E-state index < -0.39 is 0 Å². The Morgan fingerprint density at radius 3 is 2.84 bits per heavy atom. The molecule has 130 valence electrons. The first-order valence-corrected chi connectivity index (χ1v) is 8.59. The molecule has 5 nitrogen and oxygen atoms in total. The SMILES string of the molecule is Cc1cnc2nc(N3CCC(N)C3)n(Cc3ccc(F)c(C)c3)c2c1. The molecule has 2 N–H and O–H groups in total. The van der Waals surface area contributed by atoms with E-state index in [0.29, 0.717) is 12.1 Å². The van der Waals surface area contributed by atoms with Gasteiger partial charge in [-0.05, 0) is 49.1 Å². The lowest BCUT2D eigenvalue weighted by Gasteiger charge is -2.19. The fourth-order valence-corrected chi connectivity index (χ4v) is 3.45. The lowest BCUT2D eigenvalue weighted by molar-refractivity contribution is 0.617. The number of nitrogens with zero attached hydrogens (tertiary/aromatic N) is 4. The summed E-state index contributed by atoms with van der Waals surface area (Å²) in [5.74, 6) is 0.713. The number of fused-ring (bicyclic) bond motifs is 1. The van der Waals surface area contributed by atoms with E-state index in [0.717, 1.165) is 47.7 Å². The lowest BCUT2D eigenvalue weighted by atomic mass is 10.1. The van der Waals surface area contributed by atoms with Crippen molar-refractivity contribution >= 4 is 17.1 Å². The molecule has 1 unspecified atom stereocenters. The van der Waals surface area contributed by atoms with Crippen molar-refractivity contribution in [2.45, 2.75) is 32.9 Å². The minimum atomic E-state index is -0.178. The first kappa shape index (κ1) is 16.0.